The molecule has 0 aliphatic heterocycles. The number of fused-ring (bicyclic) bond motifs is 2. The maximum absolute atomic E-state index is 12.8. The molecule has 0 atom stereocenters. The van der Waals surface area contributed by atoms with E-state index in [0.29, 0.717) is 0 Å². The van der Waals surface area contributed by atoms with Crippen molar-refractivity contribution in [2.75, 3.05) is 19.4 Å². The number of aromatic nitrogens is 2. The van der Waals surface area contributed by atoms with Crippen LogP contribution >= 0.6 is 0 Å². The molecule has 1 heterocycles. The van der Waals surface area contributed by atoms with E-state index in [1.807, 2.05) is 0 Å². The highest BCUT2D eigenvalue weighted by atomic mass is 32.2. The molecule has 2 aliphatic carbocycles. The average Bonchev–Trinajstić information content (AvgIpc) is 3.46. The van der Waals surface area contributed by atoms with Crippen molar-refractivity contribution in [1.82, 2.24) is 19.4 Å². The summed E-state index contributed by atoms with van der Waals surface area (Å²) in [6.07, 6.45) is 7.21. The van der Waals surface area contributed by atoms with E-state index in [1.165, 1.54) is 33.0 Å². The predicted molar refractivity (Wildman–Crippen MR) is 120 cm³/mol. The molecule has 0 radical (unpaired) electrons. The number of nitrogens with zero attached hydrogens (tertiary/aromatic N) is 3. The number of carbonyl (C=O) groups is 2. The molecule has 0 unspecified atom stereocenters. The van der Waals surface area contributed by atoms with Crippen LogP contribution in [0.15, 0.2) is 23.4 Å². The van der Waals surface area contributed by atoms with Crippen LogP contribution < -0.4 is 10.0 Å². The van der Waals surface area contributed by atoms with Crippen LogP contribution in [0.2, 0.25) is 0 Å². The number of benzene rings is 1. The number of nitrogens with one attached hydrogen (secondary N) is 2. The van der Waals surface area contributed by atoms with Gasteiger partial charge in [0.15, 0.2) is 5.03 Å². The van der Waals surface area contributed by atoms with Crippen molar-refractivity contribution in [1.29, 1.82) is 0 Å². The Morgan fingerprint density at radius 2 is 1.66 bits per heavy atom. The lowest BCUT2D eigenvalue weighted by Gasteiger charge is -2.27. The maximum Gasteiger partial charge on any atom is 0.333 e. The summed E-state index contributed by atoms with van der Waals surface area (Å²) in [7, 11) is -0.974. The first-order chi connectivity index (χ1) is 15.0. The highest BCUT2D eigenvalue weighted by molar-refractivity contribution is 7.90. The van der Waals surface area contributed by atoms with Crippen molar-refractivity contribution < 1.29 is 18.0 Å². The number of hydrogen-bond donors (Lipinski definition) is 2. The normalized spacial score (nSPS) is 15.2. The van der Waals surface area contributed by atoms with Crippen LogP contribution in [0.4, 0.5) is 10.5 Å². The van der Waals surface area contributed by atoms with E-state index in [0.717, 1.165) is 55.3 Å². The number of anilines is 1. The molecule has 0 bridgehead atoms. The topological polar surface area (TPSA) is 113 Å². The average molecular weight is 460 g/mol. The molecule has 2 N–H and O–H groups in total. The second kappa shape index (κ2) is 7.91. The second-order valence-corrected chi connectivity index (χ2v) is 10.8. The van der Waals surface area contributed by atoms with Crippen molar-refractivity contribution in [3.05, 3.63) is 40.6 Å². The van der Waals surface area contributed by atoms with E-state index < -0.39 is 21.6 Å². The summed E-state index contributed by atoms with van der Waals surface area (Å²) < 4.78 is 29.0. The lowest BCUT2D eigenvalue weighted by atomic mass is 9.99. The summed E-state index contributed by atoms with van der Waals surface area (Å²) in [6.45, 7) is 3.30. The van der Waals surface area contributed by atoms with E-state index in [1.54, 1.807) is 27.9 Å². The van der Waals surface area contributed by atoms with Crippen molar-refractivity contribution >= 4 is 27.6 Å². The fourth-order valence-electron chi connectivity index (χ4n) is 4.69. The van der Waals surface area contributed by atoms with Gasteiger partial charge in [0.1, 0.15) is 5.54 Å². The minimum atomic E-state index is -4.21. The maximum atomic E-state index is 12.8. The monoisotopic (exact) mass is 459 g/mol. The van der Waals surface area contributed by atoms with E-state index in [9.17, 15) is 18.0 Å². The van der Waals surface area contributed by atoms with Gasteiger partial charge in [0.25, 0.3) is 10.0 Å². The van der Waals surface area contributed by atoms with Crippen LogP contribution in [0.5, 0.6) is 0 Å². The Bertz CT molecular complexity index is 1160. The fourth-order valence-corrected chi connectivity index (χ4v) is 5.52. The number of urea groups is 1. The quantitative estimate of drug-likeness (QED) is 0.712. The van der Waals surface area contributed by atoms with Gasteiger partial charge in [0.2, 0.25) is 5.91 Å². The van der Waals surface area contributed by atoms with Crippen molar-refractivity contribution in [2.45, 2.75) is 62.9 Å². The number of sulfonamides is 1. The highest BCUT2D eigenvalue weighted by Gasteiger charge is 2.34. The third kappa shape index (κ3) is 3.87. The van der Waals surface area contributed by atoms with Gasteiger partial charge in [-0.3, -0.25) is 9.48 Å². The summed E-state index contributed by atoms with van der Waals surface area (Å²) >= 11 is 0. The molecule has 4 rings (SSSR count). The molecule has 1 aromatic carbocycles. The van der Waals surface area contributed by atoms with Crippen molar-refractivity contribution in [3.63, 3.8) is 0 Å². The number of carbonyl (C=O) groups excluding carboxylic acids is 2. The summed E-state index contributed by atoms with van der Waals surface area (Å²) in [5, 5.41) is 6.56. The lowest BCUT2D eigenvalue weighted by Crippen LogP contribution is -2.44. The minimum absolute atomic E-state index is 0.234. The van der Waals surface area contributed by atoms with Crippen LogP contribution in [0, 0.1) is 0 Å². The summed E-state index contributed by atoms with van der Waals surface area (Å²) in [5.74, 6) is -0.234. The molecular formula is C22H29N5O4S. The van der Waals surface area contributed by atoms with Crippen LogP contribution in [-0.2, 0) is 46.0 Å². The van der Waals surface area contributed by atoms with Gasteiger partial charge >= 0.3 is 6.03 Å². The Hall–Kier alpha value is -2.88. The second-order valence-electron chi connectivity index (χ2n) is 9.15. The van der Waals surface area contributed by atoms with Gasteiger partial charge in [0, 0.05) is 26.0 Å². The van der Waals surface area contributed by atoms with Gasteiger partial charge in [-0.05, 0) is 80.7 Å². The molecule has 172 valence electrons. The number of aryl methyl sites for hydroxylation is 2. The number of hydrogen-bond acceptors (Lipinski definition) is 5. The molecule has 2 aromatic rings. The molecule has 3 amide bonds. The van der Waals surface area contributed by atoms with Crippen LogP contribution in [0.25, 0.3) is 0 Å². The highest BCUT2D eigenvalue weighted by Crippen LogP contribution is 2.38. The molecule has 2 aliphatic rings. The summed E-state index contributed by atoms with van der Waals surface area (Å²) in [5.41, 5.74) is 4.41. The molecule has 0 saturated carbocycles. The van der Waals surface area contributed by atoms with Gasteiger partial charge < -0.3 is 10.2 Å². The molecule has 0 fully saturated rings. The van der Waals surface area contributed by atoms with Crippen LogP contribution in [0.1, 0.15) is 48.9 Å². The van der Waals surface area contributed by atoms with Crippen LogP contribution in [0.3, 0.4) is 0 Å². The van der Waals surface area contributed by atoms with Crippen molar-refractivity contribution in [3.8, 4) is 0 Å². The summed E-state index contributed by atoms with van der Waals surface area (Å²) in [4.78, 5) is 26.5. The van der Waals surface area contributed by atoms with E-state index in [4.69, 9.17) is 0 Å². The van der Waals surface area contributed by atoms with Gasteiger partial charge in [-0.25, -0.2) is 9.52 Å². The molecule has 10 heteroatoms. The zero-order chi connectivity index (χ0) is 23.3. The fraction of sp³-hybridized carbons (Fsp3) is 0.500. The third-order valence-electron chi connectivity index (χ3n) is 6.28. The molecular weight excluding hydrogens is 430 g/mol. The van der Waals surface area contributed by atoms with Crippen LogP contribution in [-0.4, -0.2) is 49.1 Å². The first-order valence-electron chi connectivity index (χ1n) is 10.8. The lowest BCUT2D eigenvalue weighted by molar-refractivity contribution is -0.137. The molecule has 32 heavy (non-hydrogen) atoms. The number of rotatable bonds is 5. The standard InChI is InChI=1S/C22H29N5O4S/c1-22(2,20(28)26(3)4)27-12-11-18(24-27)32(30,31)25-21(29)23-19-16-9-5-7-14(16)13-15-8-6-10-17(15)19/h11-13H,5-10H2,1-4H3,(H2,23,25,29). The first kappa shape index (κ1) is 22.3. The third-order valence-corrected chi connectivity index (χ3v) is 7.50. The van der Waals surface area contributed by atoms with Gasteiger partial charge in [-0.1, -0.05) is 6.07 Å². The molecule has 9 nitrogen and oxygen atoms in total. The van der Waals surface area contributed by atoms with Gasteiger partial charge in [-0.15, -0.1) is 0 Å². The van der Waals surface area contributed by atoms with Gasteiger partial charge in [-0.2, -0.15) is 13.5 Å². The number of likely N-dealkylation sites (N-methyl/N-ethyl adjacent to an activating group) is 1. The minimum Gasteiger partial charge on any atom is -0.347 e. The Balaban J connectivity index is 1.54. The molecule has 0 saturated heterocycles. The largest absolute Gasteiger partial charge is 0.347 e. The molecule has 1 aromatic heterocycles. The SMILES string of the molecule is CN(C)C(=O)C(C)(C)n1ccc(S(=O)(=O)NC(=O)Nc2c3c(cc4c2CCC4)CCC3)n1. The van der Waals surface area contributed by atoms with E-state index >= 15 is 0 Å². The predicted octanol–water partition coefficient (Wildman–Crippen LogP) is 2.19. The smallest absolute Gasteiger partial charge is 0.333 e. The van der Waals surface area contributed by atoms with E-state index in [-0.39, 0.29) is 10.9 Å². The van der Waals surface area contributed by atoms with Crippen molar-refractivity contribution in [2.24, 2.45) is 0 Å². The Kier molecular flexibility index (Phi) is 5.52. The Morgan fingerprint density at radius 3 is 2.22 bits per heavy atom. The van der Waals surface area contributed by atoms with Gasteiger partial charge in [0.05, 0.1) is 0 Å². The number of amides is 3. The zero-order valence-corrected chi connectivity index (χ0v) is 19.7. The molecule has 0 spiro atoms. The Morgan fingerprint density at radius 1 is 1.06 bits per heavy atom. The summed E-state index contributed by atoms with van der Waals surface area (Å²) in [6, 6.07) is 2.71. The first-order valence-corrected chi connectivity index (χ1v) is 12.3. The van der Waals surface area contributed by atoms with E-state index in [2.05, 4.69) is 21.2 Å². The zero-order valence-electron chi connectivity index (χ0n) is 18.9. The Labute approximate surface area is 188 Å².